The van der Waals surface area contributed by atoms with Crippen LogP contribution in [0, 0.1) is 0 Å². The van der Waals surface area contributed by atoms with Crippen molar-refractivity contribution < 1.29 is 4.74 Å². The molecule has 0 bridgehead atoms. The quantitative estimate of drug-likeness (QED) is 0.895. The fourth-order valence-corrected chi connectivity index (χ4v) is 3.02. The van der Waals surface area contributed by atoms with Crippen LogP contribution in [0.2, 0.25) is 0 Å². The van der Waals surface area contributed by atoms with Crippen molar-refractivity contribution >= 4 is 0 Å². The van der Waals surface area contributed by atoms with Crippen molar-refractivity contribution in [3.8, 4) is 0 Å². The smallest absolute Gasteiger partial charge is 0.0896 e. The minimum absolute atomic E-state index is 0.235. The minimum atomic E-state index is 0.235. The highest BCUT2D eigenvalue weighted by Gasteiger charge is 2.32. The van der Waals surface area contributed by atoms with Crippen LogP contribution in [0.4, 0.5) is 0 Å². The monoisotopic (exact) mass is 276 g/mol. The molecule has 1 aliphatic rings. The highest BCUT2D eigenvalue weighted by molar-refractivity contribution is 5.28. The third-order valence-corrected chi connectivity index (χ3v) is 4.21. The number of rotatable bonds is 5. The summed E-state index contributed by atoms with van der Waals surface area (Å²) in [5, 5.41) is 3.26. The van der Waals surface area contributed by atoms with E-state index in [2.05, 4.69) is 55.3 Å². The van der Waals surface area contributed by atoms with Crippen molar-refractivity contribution in [1.82, 2.24) is 10.2 Å². The van der Waals surface area contributed by atoms with E-state index in [-0.39, 0.29) is 6.10 Å². The van der Waals surface area contributed by atoms with Gasteiger partial charge in [-0.3, -0.25) is 4.90 Å². The SMILES string of the molecule is CCN1CCOC(CNC)C1c1ccc(C(C)C)cc1. The molecule has 1 N–H and O–H groups in total. The Balaban J connectivity index is 2.23. The van der Waals surface area contributed by atoms with Crippen LogP contribution in [0.25, 0.3) is 0 Å². The van der Waals surface area contributed by atoms with E-state index < -0.39 is 0 Å². The number of nitrogens with one attached hydrogen (secondary N) is 1. The number of nitrogens with zero attached hydrogens (tertiary/aromatic N) is 1. The highest BCUT2D eigenvalue weighted by Crippen LogP contribution is 2.30. The van der Waals surface area contributed by atoms with Gasteiger partial charge in [-0.05, 0) is 30.6 Å². The Morgan fingerprint density at radius 2 is 2.00 bits per heavy atom. The van der Waals surface area contributed by atoms with Gasteiger partial charge in [-0.2, -0.15) is 0 Å². The molecule has 2 atom stereocenters. The van der Waals surface area contributed by atoms with E-state index >= 15 is 0 Å². The predicted octanol–water partition coefficient (Wildman–Crippen LogP) is 2.79. The summed E-state index contributed by atoms with van der Waals surface area (Å²) in [6.45, 7) is 10.5. The number of benzene rings is 1. The first-order valence-electron chi connectivity index (χ1n) is 7.77. The van der Waals surface area contributed by atoms with Crippen LogP contribution in [-0.4, -0.2) is 44.3 Å². The van der Waals surface area contributed by atoms with E-state index in [1.54, 1.807) is 0 Å². The van der Waals surface area contributed by atoms with Gasteiger partial charge in [-0.15, -0.1) is 0 Å². The molecule has 20 heavy (non-hydrogen) atoms. The Bertz CT molecular complexity index is 400. The van der Waals surface area contributed by atoms with Crippen molar-refractivity contribution in [2.45, 2.75) is 38.8 Å². The van der Waals surface area contributed by atoms with Crippen LogP contribution < -0.4 is 5.32 Å². The van der Waals surface area contributed by atoms with Crippen LogP contribution >= 0.6 is 0 Å². The largest absolute Gasteiger partial charge is 0.374 e. The van der Waals surface area contributed by atoms with E-state index in [0.29, 0.717) is 12.0 Å². The summed E-state index contributed by atoms with van der Waals surface area (Å²) in [4.78, 5) is 2.52. The molecule has 0 saturated carbocycles. The zero-order valence-corrected chi connectivity index (χ0v) is 13.2. The van der Waals surface area contributed by atoms with Gasteiger partial charge in [0.2, 0.25) is 0 Å². The summed E-state index contributed by atoms with van der Waals surface area (Å²) in [5.41, 5.74) is 2.77. The summed E-state index contributed by atoms with van der Waals surface area (Å²) >= 11 is 0. The summed E-state index contributed by atoms with van der Waals surface area (Å²) in [6.07, 6.45) is 0.235. The average molecular weight is 276 g/mol. The second-order valence-corrected chi connectivity index (χ2v) is 5.86. The molecule has 3 heteroatoms. The summed E-state index contributed by atoms with van der Waals surface area (Å²) in [7, 11) is 1.99. The normalized spacial score (nSPS) is 24.2. The topological polar surface area (TPSA) is 24.5 Å². The maximum atomic E-state index is 5.99. The first kappa shape index (κ1) is 15.5. The standard InChI is InChI=1S/C17H28N2O/c1-5-19-10-11-20-16(12-18-4)17(19)15-8-6-14(7-9-15)13(2)3/h6-9,13,16-18H,5,10-12H2,1-4H3. The number of hydrogen-bond donors (Lipinski definition) is 1. The second-order valence-electron chi connectivity index (χ2n) is 5.86. The van der Waals surface area contributed by atoms with E-state index in [1.807, 2.05) is 7.05 Å². The van der Waals surface area contributed by atoms with Crippen LogP contribution in [0.1, 0.15) is 43.9 Å². The minimum Gasteiger partial charge on any atom is -0.374 e. The first-order valence-corrected chi connectivity index (χ1v) is 7.77. The van der Waals surface area contributed by atoms with E-state index in [9.17, 15) is 0 Å². The van der Waals surface area contributed by atoms with Crippen molar-refractivity contribution in [2.24, 2.45) is 0 Å². The van der Waals surface area contributed by atoms with Crippen molar-refractivity contribution in [3.63, 3.8) is 0 Å². The Morgan fingerprint density at radius 1 is 1.30 bits per heavy atom. The molecule has 1 aromatic rings. The van der Waals surface area contributed by atoms with Crippen molar-refractivity contribution in [2.75, 3.05) is 33.3 Å². The van der Waals surface area contributed by atoms with Crippen molar-refractivity contribution in [1.29, 1.82) is 0 Å². The van der Waals surface area contributed by atoms with Gasteiger partial charge in [0.15, 0.2) is 0 Å². The molecule has 1 aromatic carbocycles. The number of likely N-dealkylation sites (N-methyl/N-ethyl adjacent to an activating group) is 2. The molecule has 112 valence electrons. The summed E-state index contributed by atoms with van der Waals surface area (Å²) in [5.74, 6) is 0.585. The zero-order chi connectivity index (χ0) is 14.5. The zero-order valence-electron chi connectivity index (χ0n) is 13.2. The molecule has 0 aliphatic carbocycles. The lowest BCUT2D eigenvalue weighted by molar-refractivity contribution is -0.0686. The van der Waals surface area contributed by atoms with Crippen molar-refractivity contribution in [3.05, 3.63) is 35.4 Å². The third kappa shape index (κ3) is 3.40. The third-order valence-electron chi connectivity index (χ3n) is 4.21. The molecular weight excluding hydrogens is 248 g/mol. The fourth-order valence-electron chi connectivity index (χ4n) is 3.02. The van der Waals surface area contributed by atoms with E-state index in [4.69, 9.17) is 4.74 Å². The molecule has 2 rings (SSSR count). The molecule has 1 aliphatic heterocycles. The molecule has 0 radical (unpaired) electrons. The van der Waals surface area contributed by atoms with Crippen LogP contribution in [0.5, 0.6) is 0 Å². The average Bonchev–Trinajstić information content (AvgIpc) is 2.47. The van der Waals surface area contributed by atoms with Crippen LogP contribution in [0.15, 0.2) is 24.3 Å². The Morgan fingerprint density at radius 3 is 2.55 bits per heavy atom. The molecule has 0 amide bonds. The maximum Gasteiger partial charge on any atom is 0.0896 e. The lowest BCUT2D eigenvalue weighted by atomic mass is 9.94. The van der Waals surface area contributed by atoms with Gasteiger partial charge >= 0.3 is 0 Å². The maximum absolute atomic E-state index is 5.99. The Hall–Kier alpha value is -0.900. The summed E-state index contributed by atoms with van der Waals surface area (Å²) in [6, 6.07) is 9.44. The molecule has 3 nitrogen and oxygen atoms in total. The van der Waals surface area contributed by atoms with E-state index in [0.717, 1.165) is 26.2 Å². The van der Waals surface area contributed by atoms with Gasteiger partial charge in [-0.1, -0.05) is 45.0 Å². The lowest BCUT2D eigenvalue weighted by Gasteiger charge is -2.41. The molecule has 0 spiro atoms. The van der Waals surface area contributed by atoms with Crippen LogP contribution in [0.3, 0.4) is 0 Å². The molecular formula is C17H28N2O. The second kappa shape index (κ2) is 7.21. The van der Waals surface area contributed by atoms with Gasteiger partial charge in [0.25, 0.3) is 0 Å². The number of hydrogen-bond acceptors (Lipinski definition) is 3. The Labute approximate surface area is 123 Å². The van der Waals surface area contributed by atoms with E-state index in [1.165, 1.54) is 11.1 Å². The first-order chi connectivity index (χ1) is 9.67. The molecule has 0 aromatic heterocycles. The lowest BCUT2D eigenvalue weighted by Crippen LogP contribution is -2.48. The molecule has 1 saturated heterocycles. The van der Waals surface area contributed by atoms with Gasteiger partial charge < -0.3 is 10.1 Å². The van der Waals surface area contributed by atoms with Gasteiger partial charge in [-0.25, -0.2) is 0 Å². The molecule has 1 heterocycles. The molecule has 2 unspecified atom stereocenters. The fraction of sp³-hybridized carbons (Fsp3) is 0.647. The van der Waals surface area contributed by atoms with Gasteiger partial charge in [0.05, 0.1) is 18.8 Å². The highest BCUT2D eigenvalue weighted by atomic mass is 16.5. The number of morpholine rings is 1. The van der Waals surface area contributed by atoms with Gasteiger partial charge in [0, 0.05) is 13.1 Å². The Kier molecular flexibility index (Phi) is 5.58. The molecule has 1 fully saturated rings. The number of ether oxygens (including phenoxy) is 1. The predicted molar refractivity (Wildman–Crippen MR) is 84.2 cm³/mol. The summed E-state index contributed by atoms with van der Waals surface area (Å²) < 4.78 is 5.99. The van der Waals surface area contributed by atoms with Gasteiger partial charge in [0.1, 0.15) is 0 Å². The van der Waals surface area contributed by atoms with Crippen LogP contribution in [-0.2, 0) is 4.74 Å².